The van der Waals surface area contributed by atoms with Gasteiger partial charge in [0.1, 0.15) is 5.82 Å². The summed E-state index contributed by atoms with van der Waals surface area (Å²) in [7, 11) is 1.46. The Balaban J connectivity index is 2.59. The van der Waals surface area contributed by atoms with Gasteiger partial charge in [0, 0.05) is 16.1 Å². The first kappa shape index (κ1) is 11.8. The third-order valence-corrected chi connectivity index (χ3v) is 2.63. The van der Waals surface area contributed by atoms with Crippen LogP contribution in [0.1, 0.15) is 0 Å². The van der Waals surface area contributed by atoms with Crippen molar-refractivity contribution in [2.24, 2.45) is 0 Å². The Morgan fingerprint density at radius 2 is 2.06 bits per heavy atom. The molecule has 0 saturated heterocycles. The average molecular weight is 298 g/mol. The quantitative estimate of drug-likeness (QED) is 0.926. The molecule has 1 aromatic heterocycles. The molecule has 0 atom stereocenters. The summed E-state index contributed by atoms with van der Waals surface area (Å²) in [5.74, 6) is -0.0426. The van der Waals surface area contributed by atoms with Crippen molar-refractivity contribution in [1.82, 2.24) is 9.97 Å². The summed E-state index contributed by atoms with van der Waals surface area (Å²) in [4.78, 5) is 7.82. The van der Waals surface area contributed by atoms with E-state index in [0.29, 0.717) is 17.1 Å². The number of hydrogen-bond acceptors (Lipinski definition) is 4. The van der Waals surface area contributed by atoms with Gasteiger partial charge in [-0.3, -0.25) is 0 Å². The molecule has 88 valence electrons. The third kappa shape index (κ3) is 2.52. The Labute approximate surface area is 106 Å². The molecule has 4 nitrogen and oxygen atoms in total. The van der Waals surface area contributed by atoms with Gasteiger partial charge in [-0.25, -0.2) is 9.37 Å². The standard InChI is InChI=1S/C11H9BrFN3O/c1-17-10-5-9(15-11(14)16-10)7-4-6(12)2-3-8(7)13/h2-5H,1H3,(H2,14,15,16). The highest BCUT2D eigenvalue weighted by Gasteiger charge is 2.10. The topological polar surface area (TPSA) is 61.0 Å². The van der Waals surface area contributed by atoms with Gasteiger partial charge in [-0.15, -0.1) is 0 Å². The largest absolute Gasteiger partial charge is 0.481 e. The van der Waals surface area contributed by atoms with Gasteiger partial charge in [-0.2, -0.15) is 4.98 Å². The van der Waals surface area contributed by atoms with Crippen LogP contribution in [0.3, 0.4) is 0 Å². The van der Waals surface area contributed by atoms with Crippen molar-refractivity contribution in [3.8, 4) is 17.1 Å². The highest BCUT2D eigenvalue weighted by molar-refractivity contribution is 9.10. The molecular formula is C11H9BrFN3O. The number of nitrogens with zero attached hydrogens (tertiary/aromatic N) is 2. The summed E-state index contributed by atoms with van der Waals surface area (Å²) in [5.41, 5.74) is 6.25. The van der Waals surface area contributed by atoms with Crippen LogP contribution in [0.2, 0.25) is 0 Å². The lowest BCUT2D eigenvalue weighted by molar-refractivity contribution is 0.398. The minimum absolute atomic E-state index is 0.0405. The molecule has 2 N–H and O–H groups in total. The first-order chi connectivity index (χ1) is 8.10. The van der Waals surface area contributed by atoms with Gasteiger partial charge in [0.05, 0.1) is 12.8 Å². The lowest BCUT2D eigenvalue weighted by Gasteiger charge is -2.06. The fraction of sp³-hybridized carbons (Fsp3) is 0.0909. The molecule has 0 aliphatic carbocycles. The maximum atomic E-state index is 13.7. The van der Waals surface area contributed by atoms with Crippen molar-refractivity contribution in [2.75, 3.05) is 12.8 Å². The molecule has 1 aromatic carbocycles. The predicted molar refractivity (Wildman–Crippen MR) is 66.1 cm³/mol. The van der Waals surface area contributed by atoms with Gasteiger partial charge in [0.2, 0.25) is 11.8 Å². The molecule has 0 bridgehead atoms. The third-order valence-electron chi connectivity index (χ3n) is 2.13. The average Bonchev–Trinajstić information content (AvgIpc) is 2.31. The number of anilines is 1. The van der Waals surface area contributed by atoms with E-state index in [2.05, 4.69) is 25.9 Å². The second-order valence-corrected chi connectivity index (χ2v) is 4.19. The van der Waals surface area contributed by atoms with Crippen molar-refractivity contribution in [1.29, 1.82) is 0 Å². The second kappa shape index (κ2) is 4.67. The monoisotopic (exact) mass is 297 g/mol. The smallest absolute Gasteiger partial charge is 0.223 e. The van der Waals surface area contributed by atoms with Crippen LogP contribution in [0.5, 0.6) is 5.88 Å². The molecule has 2 aromatic rings. The van der Waals surface area contributed by atoms with E-state index in [1.807, 2.05) is 0 Å². The van der Waals surface area contributed by atoms with Crippen LogP contribution in [0.25, 0.3) is 11.3 Å². The highest BCUT2D eigenvalue weighted by Crippen LogP contribution is 2.27. The number of nitrogen functional groups attached to an aromatic ring is 1. The number of halogens is 2. The summed E-state index contributed by atoms with van der Waals surface area (Å²) < 4.78 is 19.4. The van der Waals surface area contributed by atoms with Gasteiger partial charge in [-0.1, -0.05) is 15.9 Å². The first-order valence-corrected chi connectivity index (χ1v) is 5.53. The highest BCUT2D eigenvalue weighted by atomic mass is 79.9. The molecule has 0 aliphatic heterocycles. The van der Waals surface area contributed by atoms with Crippen molar-refractivity contribution < 1.29 is 9.13 Å². The summed E-state index contributed by atoms with van der Waals surface area (Å²) in [6.45, 7) is 0. The molecule has 0 fully saturated rings. The van der Waals surface area contributed by atoms with E-state index in [4.69, 9.17) is 10.5 Å². The number of rotatable bonds is 2. The minimum atomic E-state index is -0.381. The van der Waals surface area contributed by atoms with Crippen LogP contribution in [-0.4, -0.2) is 17.1 Å². The van der Waals surface area contributed by atoms with E-state index in [1.54, 1.807) is 12.1 Å². The fourth-order valence-corrected chi connectivity index (χ4v) is 1.74. The first-order valence-electron chi connectivity index (χ1n) is 4.74. The van der Waals surface area contributed by atoms with Gasteiger partial charge >= 0.3 is 0 Å². The molecule has 6 heteroatoms. The maximum absolute atomic E-state index is 13.7. The van der Waals surface area contributed by atoms with E-state index in [1.165, 1.54) is 19.2 Å². The summed E-state index contributed by atoms with van der Waals surface area (Å²) >= 11 is 3.28. The Bertz CT molecular complexity index is 562. The minimum Gasteiger partial charge on any atom is -0.481 e. The number of methoxy groups -OCH3 is 1. The number of hydrogen-bond donors (Lipinski definition) is 1. The van der Waals surface area contributed by atoms with Gasteiger partial charge in [0.25, 0.3) is 0 Å². The Hall–Kier alpha value is -1.69. The zero-order chi connectivity index (χ0) is 12.4. The van der Waals surface area contributed by atoms with E-state index in [0.717, 1.165) is 4.47 Å². The van der Waals surface area contributed by atoms with Gasteiger partial charge < -0.3 is 10.5 Å². The van der Waals surface area contributed by atoms with Crippen molar-refractivity contribution in [2.45, 2.75) is 0 Å². The summed E-state index contributed by atoms with van der Waals surface area (Å²) in [5, 5.41) is 0. The fourth-order valence-electron chi connectivity index (χ4n) is 1.38. The molecule has 0 spiro atoms. The molecular weight excluding hydrogens is 289 g/mol. The van der Waals surface area contributed by atoms with Crippen LogP contribution in [-0.2, 0) is 0 Å². The Morgan fingerprint density at radius 3 is 2.76 bits per heavy atom. The zero-order valence-electron chi connectivity index (χ0n) is 8.95. The van der Waals surface area contributed by atoms with Crippen LogP contribution in [0, 0.1) is 5.82 Å². The molecule has 0 aliphatic rings. The van der Waals surface area contributed by atoms with Crippen LogP contribution < -0.4 is 10.5 Å². The number of nitrogens with two attached hydrogens (primary N) is 1. The van der Waals surface area contributed by atoms with E-state index in [-0.39, 0.29) is 11.8 Å². The van der Waals surface area contributed by atoms with E-state index >= 15 is 0 Å². The number of benzene rings is 1. The Kier molecular flexibility index (Phi) is 3.23. The van der Waals surface area contributed by atoms with Crippen LogP contribution in [0.4, 0.5) is 10.3 Å². The van der Waals surface area contributed by atoms with Crippen LogP contribution in [0.15, 0.2) is 28.7 Å². The van der Waals surface area contributed by atoms with Crippen molar-refractivity contribution in [3.63, 3.8) is 0 Å². The van der Waals surface area contributed by atoms with Gasteiger partial charge in [0.15, 0.2) is 0 Å². The lowest BCUT2D eigenvalue weighted by atomic mass is 10.1. The normalized spacial score (nSPS) is 10.3. The van der Waals surface area contributed by atoms with E-state index in [9.17, 15) is 4.39 Å². The molecule has 0 radical (unpaired) electrons. The summed E-state index contributed by atoms with van der Waals surface area (Å²) in [6, 6.07) is 6.11. The Morgan fingerprint density at radius 1 is 1.29 bits per heavy atom. The maximum Gasteiger partial charge on any atom is 0.223 e. The molecule has 0 amide bonds. The van der Waals surface area contributed by atoms with Crippen molar-refractivity contribution in [3.05, 3.63) is 34.6 Å². The second-order valence-electron chi connectivity index (χ2n) is 3.28. The molecule has 2 rings (SSSR count). The predicted octanol–water partition coefficient (Wildman–Crippen LogP) is 2.64. The van der Waals surface area contributed by atoms with Crippen molar-refractivity contribution >= 4 is 21.9 Å². The molecule has 0 saturated carbocycles. The van der Waals surface area contributed by atoms with E-state index < -0.39 is 0 Å². The zero-order valence-corrected chi connectivity index (χ0v) is 10.5. The summed E-state index contributed by atoms with van der Waals surface area (Å²) in [6.07, 6.45) is 0. The molecule has 1 heterocycles. The lowest BCUT2D eigenvalue weighted by Crippen LogP contribution is -2.00. The van der Waals surface area contributed by atoms with Crippen LogP contribution >= 0.6 is 15.9 Å². The molecule has 0 unspecified atom stereocenters. The SMILES string of the molecule is COc1cc(-c2cc(Br)ccc2F)nc(N)n1. The number of ether oxygens (including phenoxy) is 1. The van der Waals surface area contributed by atoms with Gasteiger partial charge in [-0.05, 0) is 18.2 Å². The number of aromatic nitrogens is 2. The molecule has 17 heavy (non-hydrogen) atoms.